The van der Waals surface area contributed by atoms with Crippen molar-refractivity contribution in [1.82, 2.24) is 5.32 Å². The molecular weight excluding hydrogens is 378 g/mol. The predicted molar refractivity (Wildman–Crippen MR) is 107 cm³/mol. The first-order valence-electron chi connectivity index (χ1n) is 9.09. The molecule has 1 aromatic heterocycles. The summed E-state index contributed by atoms with van der Waals surface area (Å²) >= 11 is 1.54. The second-order valence-electron chi connectivity index (χ2n) is 6.69. The van der Waals surface area contributed by atoms with Gasteiger partial charge in [0.15, 0.2) is 18.1 Å². The van der Waals surface area contributed by atoms with Crippen LogP contribution in [0, 0.1) is 5.92 Å². The molecule has 0 spiro atoms. The lowest BCUT2D eigenvalue weighted by atomic mass is 9.95. The van der Waals surface area contributed by atoms with Crippen molar-refractivity contribution in [2.45, 2.75) is 19.9 Å². The van der Waals surface area contributed by atoms with Crippen LogP contribution in [0.1, 0.15) is 31.0 Å². The van der Waals surface area contributed by atoms with Gasteiger partial charge in [-0.15, -0.1) is 0 Å². The summed E-state index contributed by atoms with van der Waals surface area (Å²) in [7, 11) is 0. The van der Waals surface area contributed by atoms with Crippen LogP contribution in [0.2, 0.25) is 0 Å². The highest BCUT2D eigenvalue weighted by Gasteiger charge is 2.21. The fourth-order valence-electron chi connectivity index (χ4n) is 2.82. The second-order valence-corrected chi connectivity index (χ2v) is 7.47. The molecule has 1 amide bonds. The number of esters is 1. The van der Waals surface area contributed by atoms with Crippen molar-refractivity contribution in [1.29, 1.82) is 0 Å². The van der Waals surface area contributed by atoms with E-state index in [9.17, 15) is 9.59 Å². The normalized spacial score (nSPS) is 14.1. The minimum absolute atomic E-state index is 0.140. The number of hydrogen-bond donors (Lipinski definition) is 1. The summed E-state index contributed by atoms with van der Waals surface area (Å²) in [6, 6.07) is 7.30. The third-order valence-electron chi connectivity index (χ3n) is 4.21. The Morgan fingerprint density at radius 1 is 1.21 bits per heavy atom. The van der Waals surface area contributed by atoms with Gasteiger partial charge in [0.25, 0.3) is 5.91 Å². The monoisotopic (exact) mass is 401 g/mol. The number of fused-ring (bicyclic) bond motifs is 1. The van der Waals surface area contributed by atoms with E-state index < -0.39 is 5.97 Å². The molecule has 1 aliphatic heterocycles. The lowest BCUT2D eigenvalue weighted by Crippen LogP contribution is -2.35. The molecule has 0 aliphatic carbocycles. The molecule has 0 saturated carbocycles. The highest BCUT2D eigenvalue weighted by molar-refractivity contribution is 7.08. The highest BCUT2D eigenvalue weighted by Crippen LogP contribution is 2.34. The van der Waals surface area contributed by atoms with Crippen molar-refractivity contribution in [3.63, 3.8) is 0 Å². The van der Waals surface area contributed by atoms with Crippen LogP contribution in [-0.2, 0) is 14.3 Å². The Kier molecular flexibility index (Phi) is 6.71. The molecule has 0 fully saturated rings. The van der Waals surface area contributed by atoms with Crippen molar-refractivity contribution in [2.24, 2.45) is 5.92 Å². The van der Waals surface area contributed by atoms with Gasteiger partial charge >= 0.3 is 5.97 Å². The van der Waals surface area contributed by atoms with Crippen LogP contribution < -0.4 is 14.8 Å². The predicted octanol–water partition coefficient (Wildman–Crippen LogP) is 3.59. The van der Waals surface area contributed by atoms with Crippen molar-refractivity contribution in [2.75, 3.05) is 19.8 Å². The Labute approximate surface area is 168 Å². The maximum Gasteiger partial charge on any atom is 0.331 e. The summed E-state index contributed by atoms with van der Waals surface area (Å²) in [6.07, 6.45) is 2.97. The van der Waals surface area contributed by atoms with E-state index in [-0.39, 0.29) is 24.5 Å². The Balaban J connectivity index is 1.56. The molecular formula is C21H23NO5S. The maximum atomic E-state index is 12.3. The van der Waals surface area contributed by atoms with Gasteiger partial charge in [-0.05, 0) is 52.1 Å². The van der Waals surface area contributed by atoms with Gasteiger partial charge in [-0.3, -0.25) is 4.79 Å². The number of rotatable bonds is 7. The van der Waals surface area contributed by atoms with Gasteiger partial charge in [-0.2, -0.15) is 11.3 Å². The second kappa shape index (κ2) is 9.41. The first kappa shape index (κ1) is 19.9. The number of amides is 1. The lowest BCUT2D eigenvalue weighted by molar-refractivity contribution is -0.144. The van der Waals surface area contributed by atoms with E-state index in [0.29, 0.717) is 24.7 Å². The average Bonchev–Trinajstić information content (AvgIpc) is 3.22. The smallest absolute Gasteiger partial charge is 0.331 e. The third kappa shape index (κ3) is 5.36. The van der Waals surface area contributed by atoms with Crippen molar-refractivity contribution in [3.05, 3.63) is 52.2 Å². The van der Waals surface area contributed by atoms with E-state index in [1.807, 2.05) is 48.9 Å². The summed E-state index contributed by atoms with van der Waals surface area (Å²) in [5.74, 6) is 0.608. The van der Waals surface area contributed by atoms with E-state index in [1.54, 1.807) is 17.4 Å². The summed E-state index contributed by atoms with van der Waals surface area (Å²) in [6.45, 7) is 4.72. The number of ether oxygens (including phenoxy) is 3. The van der Waals surface area contributed by atoms with Crippen molar-refractivity contribution in [3.8, 4) is 11.5 Å². The number of carbonyl (C=O) groups excluding carboxylic acids is 2. The van der Waals surface area contributed by atoms with Crippen LogP contribution in [0.4, 0.5) is 0 Å². The maximum absolute atomic E-state index is 12.3. The zero-order valence-electron chi connectivity index (χ0n) is 15.8. The molecule has 28 heavy (non-hydrogen) atoms. The van der Waals surface area contributed by atoms with Gasteiger partial charge < -0.3 is 19.5 Å². The molecule has 2 aromatic rings. The molecule has 148 valence electrons. The molecule has 1 N–H and O–H groups in total. The highest BCUT2D eigenvalue weighted by atomic mass is 32.1. The molecule has 2 heterocycles. The molecule has 0 unspecified atom stereocenters. The molecule has 6 nitrogen and oxygen atoms in total. The number of thiophene rings is 1. The van der Waals surface area contributed by atoms with Crippen LogP contribution in [0.3, 0.4) is 0 Å². The fraction of sp³-hybridized carbons (Fsp3) is 0.333. The minimum Gasteiger partial charge on any atom is -0.486 e. The Morgan fingerprint density at radius 3 is 2.71 bits per heavy atom. The summed E-state index contributed by atoms with van der Waals surface area (Å²) < 4.78 is 16.2. The van der Waals surface area contributed by atoms with Crippen LogP contribution in [-0.4, -0.2) is 31.7 Å². The molecule has 1 aromatic carbocycles. The average molecular weight is 401 g/mol. The van der Waals surface area contributed by atoms with Crippen LogP contribution in [0.15, 0.2) is 41.1 Å². The number of nitrogens with one attached hydrogen (secondary N) is 1. The van der Waals surface area contributed by atoms with Gasteiger partial charge in [0.1, 0.15) is 13.2 Å². The molecule has 7 heteroatoms. The van der Waals surface area contributed by atoms with E-state index >= 15 is 0 Å². The van der Waals surface area contributed by atoms with Crippen LogP contribution in [0.25, 0.3) is 6.08 Å². The first-order valence-corrected chi connectivity index (χ1v) is 10.0. The Morgan fingerprint density at radius 2 is 2.00 bits per heavy atom. The minimum atomic E-state index is -0.554. The number of hydrogen-bond acceptors (Lipinski definition) is 6. The molecule has 0 bridgehead atoms. The molecule has 0 saturated heterocycles. The van der Waals surface area contributed by atoms with E-state index in [2.05, 4.69) is 5.32 Å². The van der Waals surface area contributed by atoms with Crippen LogP contribution >= 0.6 is 11.3 Å². The zero-order valence-corrected chi connectivity index (χ0v) is 16.7. The summed E-state index contributed by atoms with van der Waals surface area (Å²) in [5, 5.41) is 6.76. The van der Waals surface area contributed by atoms with Gasteiger partial charge in [0, 0.05) is 6.08 Å². The zero-order chi connectivity index (χ0) is 19.9. The van der Waals surface area contributed by atoms with Gasteiger partial charge in [-0.25, -0.2) is 4.79 Å². The SMILES string of the molecule is CC(C)[C@H](NC(=O)COC(=O)/C=C/c1ccsc1)c1ccc2c(c1)OCCO2. The van der Waals surface area contributed by atoms with E-state index in [4.69, 9.17) is 14.2 Å². The van der Waals surface area contributed by atoms with Crippen molar-refractivity contribution < 1.29 is 23.8 Å². The Bertz CT molecular complexity index is 844. The van der Waals surface area contributed by atoms with E-state index in [0.717, 1.165) is 11.1 Å². The van der Waals surface area contributed by atoms with Crippen LogP contribution in [0.5, 0.6) is 11.5 Å². The van der Waals surface area contributed by atoms with Gasteiger partial charge in [0.2, 0.25) is 0 Å². The first-order chi connectivity index (χ1) is 13.5. The molecule has 1 aliphatic rings. The summed E-state index contributed by atoms with van der Waals surface area (Å²) in [4.78, 5) is 24.1. The number of carbonyl (C=O) groups is 2. The fourth-order valence-corrected chi connectivity index (χ4v) is 3.45. The lowest BCUT2D eigenvalue weighted by Gasteiger charge is -2.25. The van der Waals surface area contributed by atoms with Gasteiger partial charge in [-0.1, -0.05) is 19.9 Å². The molecule has 0 radical (unpaired) electrons. The molecule has 1 atom stereocenters. The van der Waals surface area contributed by atoms with E-state index in [1.165, 1.54) is 6.08 Å². The third-order valence-corrected chi connectivity index (χ3v) is 4.91. The molecule has 3 rings (SSSR count). The summed E-state index contributed by atoms with van der Waals surface area (Å²) in [5.41, 5.74) is 1.83. The Hall–Kier alpha value is -2.80. The largest absolute Gasteiger partial charge is 0.486 e. The quantitative estimate of drug-likeness (QED) is 0.567. The van der Waals surface area contributed by atoms with Gasteiger partial charge in [0.05, 0.1) is 6.04 Å². The standard InChI is InChI=1S/C21H23NO5S/c1-14(2)21(16-4-5-17-18(11-16)26-9-8-25-17)22-19(23)12-27-20(24)6-3-15-7-10-28-13-15/h3-7,10-11,13-14,21H,8-9,12H2,1-2H3,(H,22,23)/b6-3+/t21-/m0/s1. The van der Waals surface area contributed by atoms with Crippen molar-refractivity contribution >= 4 is 29.3 Å². The number of benzene rings is 1. The topological polar surface area (TPSA) is 73.9 Å².